The van der Waals surface area contributed by atoms with Gasteiger partial charge in [0.05, 0.1) is 17.0 Å². The Morgan fingerprint density at radius 1 is 0.825 bits per heavy atom. The van der Waals surface area contributed by atoms with Gasteiger partial charge in [0.25, 0.3) is 0 Å². The normalized spacial score (nSPS) is 11.2. The molecule has 4 aromatic rings. The number of methoxy groups -OCH3 is 1. The summed E-state index contributed by atoms with van der Waals surface area (Å²) in [4.78, 5) is 24.8. The lowest BCUT2D eigenvalue weighted by Crippen LogP contribution is -2.30. The van der Waals surface area contributed by atoms with Crippen LogP contribution in [0.15, 0.2) is 108 Å². The van der Waals surface area contributed by atoms with Crippen molar-refractivity contribution in [3.8, 4) is 5.75 Å². The van der Waals surface area contributed by atoms with Gasteiger partial charge in [0, 0.05) is 24.3 Å². The van der Waals surface area contributed by atoms with Crippen LogP contribution in [0.1, 0.15) is 21.5 Å². The number of rotatable bonds is 11. The maximum Gasteiger partial charge on any atom is 0.412 e. The Morgan fingerprint density at radius 3 is 1.93 bits per heavy atom. The van der Waals surface area contributed by atoms with Crippen LogP contribution in [0.4, 0.5) is 10.5 Å². The second-order valence-electron chi connectivity index (χ2n) is 8.74. The quantitative estimate of drug-likeness (QED) is 0.214. The number of ether oxygens (including phenoxy) is 2. The summed E-state index contributed by atoms with van der Waals surface area (Å²) in [6.07, 6.45) is -0.841. The van der Waals surface area contributed by atoms with Crippen LogP contribution >= 0.6 is 11.6 Å². The number of anilines is 1. The number of nitrogens with one attached hydrogen (secondary N) is 1. The lowest BCUT2D eigenvalue weighted by atomic mass is 10.1. The second kappa shape index (κ2) is 13.3. The van der Waals surface area contributed by atoms with E-state index < -0.39 is 28.5 Å². The fourth-order valence-electron chi connectivity index (χ4n) is 3.87. The Hall–Kier alpha value is -4.18. The van der Waals surface area contributed by atoms with E-state index >= 15 is 0 Å². The van der Waals surface area contributed by atoms with Crippen LogP contribution in [-0.2, 0) is 27.8 Å². The van der Waals surface area contributed by atoms with Crippen LogP contribution in [0.5, 0.6) is 5.75 Å². The Balaban J connectivity index is 1.42. The number of ketones is 1. The second-order valence-corrected chi connectivity index (χ2v) is 11.1. The zero-order chi connectivity index (χ0) is 28.5. The molecule has 0 aliphatic rings. The van der Waals surface area contributed by atoms with Gasteiger partial charge in [-0.05, 0) is 53.6 Å². The summed E-state index contributed by atoms with van der Waals surface area (Å²) in [5, 5.41) is 2.79. The van der Waals surface area contributed by atoms with Crippen molar-refractivity contribution in [2.24, 2.45) is 0 Å². The standard InChI is InChI=1S/C30H27ClN2O6S/c1-38-29-17-14-25(18-27(29)31)32-30(35)39-21-28(34)24-12-15-26(16-13-24)40(36,37)33(19-22-8-4-2-5-9-22)20-23-10-6-3-7-11-23/h2-18H,19-21H2,1H3,(H,32,35). The minimum Gasteiger partial charge on any atom is -0.495 e. The number of halogens is 1. The van der Waals surface area contributed by atoms with Crippen LogP contribution in [-0.4, -0.2) is 38.3 Å². The minimum absolute atomic E-state index is 0.0472. The number of carbonyl (C=O) groups excluding carboxylic acids is 2. The molecule has 4 aromatic carbocycles. The van der Waals surface area contributed by atoms with E-state index in [9.17, 15) is 18.0 Å². The number of benzene rings is 4. The average Bonchev–Trinajstić information content (AvgIpc) is 2.97. The summed E-state index contributed by atoms with van der Waals surface area (Å²) in [6.45, 7) is -0.168. The molecule has 1 amide bonds. The van der Waals surface area contributed by atoms with Crippen molar-refractivity contribution < 1.29 is 27.5 Å². The summed E-state index contributed by atoms with van der Waals surface area (Å²) < 4.78 is 38.7. The van der Waals surface area contributed by atoms with Gasteiger partial charge in [-0.3, -0.25) is 10.1 Å². The fourth-order valence-corrected chi connectivity index (χ4v) is 5.55. The molecule has 0 heterocycles. The molecule has 0 unspecified atom stereocenters. The molecule has 0 saturated heterocycles. The van der Waals surface area contributed by atoms with E-state index in [0.717, 1.165) is 11.1 Å². The van der Waals surface area contributed by atoms with E-state index in [-0.39, 0.29) is 23.5 Å². The van der Waals surface area contributed by atoms with Crippen molar-refractivity contribution >= 4 is 39.2 Å². The molecule has 10 heteroatoms. The molecule has 0 radical (unpaired) electrons. The van der Waals surface area contributed by atoms with E-state index in [2.05, 4.69) is 5.32 Å². The number of carbonyl (C=O) groups is 2. The predicted octanol–water partition coefficient (Wildman–Crippen LogP) is 6.17. The van der Waals surface area contributed by atoms with E-state index in [0.29, 0.717) is 16.5 Å². The van der Waals surface area contributed by atoms with Crippen molar-refractivity contribution in [1.29, 1.82) is 0 Å². The molecule has 0 bridgehead atoms. The molecule has 4 rings (SSSR count). The van der Waals surface area contributed by atoms with Gasteiger partial charge >= 0.3 is 6.09 Å². The number of hydrogen-bond acceptors (Lipinski definition) is 6. The maximum atomic E-state index is 13.6. The summed E-state index contributed by atoms with van der Waals surface area (Å²) in [5.74, 6) is -0.0400. The van der Waals surface area contributed by atoms with Crippen molar-refractivity contribution in [2.75, 3.05) is 19.0 Å². The van der Waals surface area contributed by atoms with E-state index in [1.54, 1.807) is 12.1 Å². The first-order valence-electron chi connectivity index (χ1n) is 12.2. The van der Waals surface area contributed by atoms with Crippen LogP contribution < -0.4 is 10.1 Å². The maximum absolute atomic E-state index is 13.6. The molecule has 0 spiro atoms. The molecule has 1 N–H and O–H groups in total. The number of Topliss-reactive ketones (excluding diaryl/α,β-unsaturated/α-hetero) is 1. The van der Waals surface area contributed by atoms with Gasteiger partial charge in [0.2, 0.25) is 10.0 Å². The number of nitrogens with zero attached hydrogens (tertiary/aromatic N) is 1. The minimum atomic E-state index is -3.90. The molecule has 0 fully saturated rings. The van der Waals surface area contributed by atoms with Gasteiger partial charge in [0.1, 0.15) is 5.75 Å². The third-order valence-electron chi connectivity index (χ3n) is 5.95. The molecular formula is C30H27ClN2O6S. The molecular weight excluding hydrogens is 552 g/mol. The van der Waals surface area contributed by atoms with Crippen LogP contribution in [0.25, 0.3) is 0 Å². The van der Waals surface area contributed by atoms with E-state index in [1.165, 1.54) is 41.7 Å². The molecule has 0 saturated carbocycles. The van der Waals surface area contributed by atoms with Crippen LogP contribution in [0.2, 0.25) is 5.02 Å². The third-order valence-corrected chi connectivity index (χ3v) is 8.05. The Labute approximate surface area is 238 Å². The van der Waals surface area contributed by atoms with Crippen molar-refractivity contribution in [2.45, 2.75) is 18.0 Å². The predicted molar refractivity (Wildman–Crippen MR) is 153 cm³/mol. The summed E-state index contributed by atoms with van der Waals surface area (Å²) in [7, 11) is -2.43. The fraction of sp³-hybridized carbons (Fsp3) is 0.133. The van der Waals surface area contributed by atoms with E-state index in [1.807, 2.05) is 60.7 Å². The highest BCUT2D eigenvalue weighted by Gasteiger charge is 2.25. The van der Waals surface area contributed by atoms with Crippen molar-refractivity contribution in [1.82, 2.24) is 4.31 Å². The number of sulfonamides is 1. The van der Waals surface area contributed by atoms with Crippen molar-refractivity contribution in [3.63, 3.8) is 0 Å². The molecule has 206 valence electrons. The summed E-state index contributed by atoms with van der Waals surface area (Å²) in [5.41, 5.74) is 2.27. The highest BCUT2D eigenvalue weighted by molar-refractivity contribution is 7.89. The molecule has 40 heavy (non-hydrogen) atoms. The van der Waals surface area contributed by atoms with Gasteiger partial charge in [0.15, 0.2) is 12.4 Å². The Morgan fingerprint density at radius 2 is 1.40 bits per heavy atom. The smallest absolute Gasteiger partial charge is 0.412 e. The topological polar surface area (TPSA) is 102 Å². The molecule has 0 atom stereocenters. The van der Waals surface area contributed by atoms with Crippen LogP contribution in [0.3, 0.4) is 0 Å². The molecule has 8 nitrogen and oxygen atoms in total. The van der Waals surface area contributed by atoms with Gasteiger partial charge in [-0.2, -0.15) is 4.31 Å². The van der Waals surface area contributed by atoms with Gasteiger partial charge in [-0.1, -0.05) is 72.3 Å². The first-order valence-corrected chi connectivity index (χ1v) is 14.1. The number of amides is 1. The lowest BCUT2D eigenvalue weighted by molar-refractivity contribution is 0.0863. The summed E-state index contributed by atoms with van der Waals surface area (Å²) in [6, 6.07) is 28.9. The van der Waals surface area contributed by atoms with Gasteiger partial charge in [-0.15, -0.1) is 0 Å². The Bertz CT molecular complexity index is 1520. The monoisotopic (exact) mass is 578 g/mol. The summed E-state index contributed by atoms with van der Waals surface area (Å²) >= 11 is 6.05. The van der Waals surface area contributed by atoms with Gasteiger partial charge in [-0.25, -0.2) is 13.2 Å². The zero-order valence-electron chi connectivity index (χ0n) is 21.6. The van der Waals surface area contributed by atoms with Crippen LogP contribution in [0, 0.1) is 0 Å². The first-order chi connectivity index (χ1) is 19.3. The van der Waals surface area contributed by atoms with E-state index in [4.69, 9.17) is 21.1 Å². The largest absolute Gasteiger partial charge is 0.495 e. The molecule has 0 aromatic heterocycles. The highest BCUT2D eigenvalue weighted by atomic mass is 35.5. The first kappa shape index (κ1) is 28.8. The Kier molecular flexibility index (Phi) is 9.55. The SMILES string of the molecule is COc1ccc(NC(=O)OCC(=O)c2ccc(S(=O)(=O)N(Cc3ccccc3)Cc3ccccc3)cc2)cc1Cl. The average molecular weight is 579 g/mol. The molecule has 0 aliphatic heterocycles. The van der Waals surface area contributed by atoms with Crippen molar-refractivity contribution in [3.05, 3.63) is 125 Å². The number of hydrogen-bond donors (Lipinski definition) is 1. The third kappa shape index (κ3) is 7.47. The lowest BCUT2D eigenvalue weighted by Gasteiger charge is -2.23. The highest BCUT2D eigenvalue weighted by Crippen LogP contribution is 2.27. The molecule has 0 aliphatic carbocycles. The van der Waals surface area contributed by atoms with Gasteiger partial charge < -0.3 is 9.47 Å². The zero-order valence-corrected chi connectivity index (χ0v) is 23.2.